The molecule has 0 radical (unpaired) electrons. The van der Waals surface area contributed by atoms with Gasteiger partial charge in [-0.25, -0.2) is 8.42 Å². The number of aliphatic hydroxyl groups is 1. The SMILES string of the molecule is NC(CCO)CS(=O)(=O)c1ccc(Br)cc1. The van der Waals surface area contributed by atoms with Gasteiger partial charge in [0.05, 0.1) is 10.6 Å². The third kappa shape index (κ3) is 3.86. The van der Waals surface area contributed by atoms with Crippen LogP contribution in [0.15, 0.2) is 33.6 Å². The lowest BCUT2D eigenvalue weighted by atomic mass is 10.3. The monoisotopic (exact) mass is 307 g/mol. The van der Waals surface area contributed by atoms with Crippen molar-refractivity contribution in [2.45, 2.75) is 17.4 Å². The van der Waals surface area contributed by atoms with Gasteiger partial charge in [0.2, 0.25) is 0 Å². The van der Waals surface area contributed by atoms with E-state index in [2.05, 4.69) is 15.9 Å². The molecule has 0 fully saturated rings. The van der Waals surface area contributed by atoms with Crippen LogP contribution in [0.25, 0.3) is 0 Å². The van der Waals surface area contributed by atoms with E-state index in [0.717, 1.165) is 4.47 Å². The Morgan fingerprint density at radius 2 is 1.88 bits per heavy atom. The highest BCUT2D eigenvalue weighted by Gasteiger charge is 2.18. The van der Waals surface area contributed by atoms with Gasteiger partial charge < -0.3 is 10.8 Å². The number of aliphatic hydroxyl groups excluding tert-OH is 1. The highest BCUT2D eigenvalue weighted by Crippen LogP contribution is 2.16. The molecule has 1 atom stereocenters. The molecule has 1 aromatic carbocycles. The van der Waals surface area contributed by atoms with Crippen molar-refractivity contribution < 1.29 is 13.5 Å². The molecular weight excluding hydrogens is 294 g/mol. The van der Waals surface area contributed by atoms with E-state index < -0.39 is 15.9 Å². The summed E-state index contributed by atoms with van der Waals surface area (Å²) in [5, 5.41) is 8.66. The van der Waals surface area contributed by atoms with Crippen LogP contribution >= 0.6 is 15.9 Å². The minimum absolute atomic E-state index is 0.100. The molecule has 1 aromatic rings. The number of sulfone groups is 1. The summed E-state index contributed by atoms with van der Waals surface area (Å²) in [6, 6.07) is 5.88. The molecule has 16 heavy (non-hydrogen) atoms. The lowest BCUT2D eigenvalue weighted by molar-refractivity contribution is 0.279. The van der Waals surface area contributed by atoms with Crippen molar-refractivity contribution in [2.75, 3.05) is 12.4 Å². The standard InChI is InChI=1S/C10H14BrNO3S/c11-8-1-3-10(4-2-8)16(14,15)7-9(12)5-6-13/h1-4,9,13H,5-7,12H2. The van der Waals surface area contributed by atoms with Crippen LogP contribution in [0.5, 0.6) is 0 Å². The fraction of sp³-hybridized carbons (Fsp3) is 0.400. The van der Waals surface area contributed by atoms with Gasteiger partial charge >= 0.3 is 0 Å². The third-order valence-corrected chi connectivity index (χ3v) is 4.49. The predicted molar refractivity (Wildman–Crippen MR) is 65.9 cm³/mol. The second kappa shape index (κ2) is 5.77. The maximum Gasteiger partial charge on any atom is 0.179 e. The highest BCUT2D eigenvalue weighted by atomic mass is 79.9. The van der Waals surface area contributed by atoms with Crippen molar-refractivity contribution in [3.63, 3.8) is 0 Å². The molecule has 90 valence electrons. The number of benzene rings is 1. The first-order valence-corrected chi connectivity index (χ1v) is 7.25. The number of hydrogen-bond acceptors (Lipinski definition) is 4. The molecule has 1 unspecified atom stereocenters. The van der Waals surface area contributed by atoms with Crippen LogP contribution in [-0.4, -0.2) is 31.9 Å². The van der Waals surface area contributed by atoms with Crippen LogP contribution in [0.3, 0.4) is 0 Å². The molecule has 0 saturated heterocycles. The van der Waals surface area contributed by atoms with Gasteiger partial charge in [-0.1, -0.05) is 15.9 Å². The van der Waals surface area contributed by atoms with E-state index >= 15 is 0 Å². The van der Waals surface area contributed by atoms with Crippen molar-refractivity contribution in [1.82, 2.24) is 0 Å². The Morgan fingerprint density at radius 3 is 2.38 bits per heavy atom. The third-order valence-electron chi connectivity index (χ3n) is 2.11. The molecule has 0 spiro atoms. The summed E-state index contributed by atoms with van der Waals surface area (Å²) in [5.74, 6) is -0.144. The van der Waals surface area contributed by atoms with Gasteiger partial charge in [0.1, 0.15) is 0 Å². The molecule has 0 amide bonds. The van der Waals surface area contributed by atoms with Crippen molar-refractivity contribution in [3.05, 3.63) is 28.7 Å². The Kier molecular flexibility index (Phi) is 4.91. The lowest BCUT2D eigenvalue weighted by Gasteiger charge is -2.10. The summed E-state index contributed by atoms with van der Waals surface area (Å²) in [5.41, 5.74) is 5.59. The lowest BCUT2D eigenvalue weighted by Crippen LogP contribution is -2.30. The van der Waals surface area contributed by atoms with E-state index in [0.29, 0.717) is 0 Å². The molecule has 0 saturated carbocycles. The van der Waals surface area contributed by atoms with Crippen molar-refractivity contribution >= 4 is 25.8 Å². The molecule has 0 aliphatic rings. The molecule has 0 aliphatic heterocycles. The smallest absolute Gasteiger partial charge is 0.179 e. The summed E-state index contributed by atoms with van der Waals surface area (Å²) < 4.78 is 24.5. The van der Waals surface area contributed by atoms with Gasteiger partial charge in [0, 0.05) is 17.1 Å². The summed E-state index contributed by atoms with van der Waals surface area (Å²) >= 11 is 3.24. The van der Waals surface area contributed by atoms with Crippen LogP contribution in [-0.2, 0) is 9.84 Å². The van der Waals surface area contributed by atoms with Gasteiger partial charge in [0.15, 0.2) is 9.84 Å². The molecule has 4 nitrogen and oxygen atoms in total. The average Bonchev–Trinajstić information content (AvgIpc) is 2.17. The Morgan fingerprint density at radius 1 is 1.31 bits per heavy atom. The van der Waals surface area contributed by atoms with Gasteiger partial charge in [-0.15, -0.1) is 0 Å². The molecule has 0 aromatic heterocycles. The van der Waals surface area contributed by atoms with E-state index in [4.69, 9.17) is 10.8 Å². The zero-order valence-electron chi connectivity index (χ0n) is 8.64. The van der Waals surface area contributed by atoms with Gasteiger partial charge in [-0.3, -0.25) is 0 Å². The second-order valence-corrected chi connectivity index (χ2v) is 6.46. The number of nitrogens with two attached hydrogens (primary N) is 1. The van der Waals surface area contributed by atoms with E-state index in [9.17, 15) is 8.42 Å². The summed E-state index contributed by atoms with van der Waals surface area (Å²) in [7, 11) is -3.36. The normalized spacial score (nSPS) is 13.7. The zero-order valence-corrected chi connectivity index (χ0v) is 11.0. The highest BCUT2D eigenvalue weighted by molar-refractivity contribution is 9.10. The van der Waals surface area contributed by atoms with Gasteiger partial charge in [-0.05, 0) is 30.7 Å². The van der Waals surface area contributed by atoms with E-state index in [-0.39, 0.29) is 23.7 Å². The first-order chi connectivity index (χ1) is 7.45. The largest absolute Gasteiger partial charge is 0.396 e. The van der Waals surface area contributed by atoms with Crippen LogP contribution in [0.1, 0.15) is 6.42 Å². The molecule has 0 bridgehead atoms. The number of hydrogen-bond donors (Lipinski definition) is 2. The maximum atomic E-state index is 11.9. The first kappa shape index (κ1) is 13.6. The van der Waals surface area contributed by atoms with Gasteiger partial charge in [-0.2, -0.15) is 0 Å². The number of halogens is 1. The molecule has 3 N–H and O–H groups in total. The van der Waals surface area contributed by atoms with Crippen LogP contribution in [0, 0.1) is 0 Å². The van der Waals surface area contributed by atoms with Crippen molar-refractivity contribution in [1.29, 1.82) is 0 Å². The van der Waals surface area contributed by atoms with E-state index in [1.54, 1.807) is 12.1 Å². The fourth-order valence-corrected chi connectivity index (χ4v) is 3.01. The summed E-state index contributed by atoms with van der Waals surface area (Å²) in [6.45, 7) is -0.100. The molecule has 6 heteroatoms. The van der Waals surface area contributed by atoms with Crippen LogP contribution in [0.4, 0.5) is 0 Å². The topological polar surface area (TPSA) is 80.4 Å². The van der Waals surface area contributed by atoms with E-state index in [1.165, 1.54) is 12.1 Å². The van der Waals surface area contributed by atoms with E-state index in [1.807, 2.05) is 0 Å². The van der Waals surface area contributed by atoms with Crippen LogP contribution < -0.4 is 5.73 Å². The summed E-state index contributed by atoms with van der Waals surface area (Å²) in [6.07, 6.45) is 0.287. The van der Waals surface area contributed by atoms with Crippen LogP contribution in [0.2, 0.25) is 0 Å². The predicted octanol–water partition coefficient (Wildman–Crippen LogP) is 0.932. The number of rotatable bonds is 5. The Bertz CT molecular complexity index is 430. The van der Waals surface area contributed by atoms with Crippen molar-refractivity contribution in [2.24, 2.45) is 5.73 Å². The Balaban J connectivity index is 2.82. The molecule has 1 rings (SSSR count). The Hall–Kier alpha value is -0.430. The minimum Gasteiger partial charge on any atom is -0.396 e. The average molecular weight is 308 g/mol. The quantitative estimate of drug-likeness (QED) is 0.848. The van der Waals surface area contributed by atoms with Gasteiger partial charge in [0.25, 0.3) is 0 Å². The Labute approximate surface area is 104 Å². The molecule has 0 heterocycles. The second-order valence-electron chi connectivity index (χ2n) is 3.51. The molecule has 0 aliphatic carbocycles. The fourth-order valence-electron chi connectivity index (χ4n) is 1.27. The van der Waals surface area contributed by atoms with Crippen molar-refractivity contribution in [3.8, 4) is 0 Å². The molecular formula is C10H14BrNO3S. The first-order valence-electron chi connectivity index (χ1n) is 4.80. The maximum absolute atomic E-state index is 11.9. The minimum atomic E-state index is -3.36. The summed E-state index contributed by atoms with van der Waals surface area (Å²) in [4.78, 5) is 0.254. The zero-order chi connectivity index (χ0) is 12.2.